The number of hydrogen-bond donors (Lipinski definition) is 1. The molecule has 1 N–H and O–H groups in total. The number of rotatable bonds is 7. The zero-order valence-electron chi connectivity index (χ0n) is 22.3. The monoisotopic (exact) mass is 569 g/mol. The number of halogens is 3. The van der Waals surface area contributed by atoms with Crippen molar-refractivity contribution in [2.75, 3.05) is 36.5 Å². The van der Waals surface area contributed by atoms with E-state index in [0.29, 0.717) is 43.7 Å². The van der Waals surface area contributed by atoms with Crippen LogP contribution in [0.3, 0.4) is 0 Å². The number of benzene rings is 3. The van der Waals surface area contributed by atoms with Gasteiger partial charge in [-0.1, -0.05) is 31.4 Å². The maximum absolute atomic E-state index is 13.8. The van der Waals surface area contributed by atoms with Crippen molar-refractivity contribution in [1.82, 2.24) is 0 Å². The molecule has 1 amide bonds. The molecule has 0 radical (unpaired) electrons. The van der Waals surface area contributed by atoms with Crippen molar-refractivity contribution >= 4 is 23.0 Å². The fourth-order valence-electron chi connectivity index (χ4n) is 5.39. The molecule has 0 spiro atoms. The highest BCUT2D eigenvalue weighted by atomic mass is 19.4. The Bertz CT molecular complexity index is 1400. The highest BCUT2D eigenvalue weighted by molar-refractivity contribution is 6.05. The topological polar surface area (TPSA) is 93.9 Å². The van der Waals surface area contributed by atoms with E-state index in [1.165, 1.54) is 43.0 Å². The molecule has 0 atom stereocenters. The maximum atomic E-state index is 13.8. The number of anilines is 2. The van der Waals surface area contributed by atoms with Gasteiger partial charge >= 0.3 is 6.18 Å². The summed E-state index contributed by atoms with van der Waals surface area (Å²) in [7, 11) is 0. The van der Waals surface area contributed by atoms with Gasteiger partial charge in [-0.3, -0.25) is 14.9 Å². The highest BCUT2D eigenvalue weighted by Gasteiger charge is 2.34. The minimum atomic E-state index is -4.75. The first-order valence-electron chi connectivity index (χ1n) is 13.6. The number of nitro benzene ring substituents is 1. The molecule has 1 heterocycles. The van der Waals surface area contributed by atoms with Gasteiger partial charge in [0.25, 0.3) is 11.6 Å². The number of nitrogens with one attached hydrogen (secondary N) is 1. The third kappa shape index (κ3) is 6.79. The Morgan fingerprint density at radius 3 is 2.29 bits per heavy atom. The predicted octanol–water partition coefficient (Wildman–Crippen LogP) is 7.54. The Morgan fingerprint density at radius 1 is 0.951 bits per heavy atom. The van der Waals surface area contributed by atoms with E-state index in [-0.39, 0.29) is 17.0 Å². The number of alkyl halides is 3. The lowest BCUT2D eigenvalue weighted by Gasteiger charge is -2.28. The summed E-state index contributed by atoms with van der Waals surface area (Å²) in [6.07, 6.45) is 1.18. The van der Waals surface area contributed by atoms with E-state index >= 15 is 0 Å². The van der Waals surface area contributed by atoms with Crippen molar-refractivity contribution in [3.8, 4) is 11.5 Å². The zero-order chi connectivity index (χ0) is 29.0. The van der Waals surface area contributed by atoms with Crippen molar-refractivity contribution < 1.29 is 32.4 Å². The van der Waals surface area contributed by atoms with Gasteiger partial charge in [-0.25, -0.2) is 0 Å². The fraction of sp³-hybridized carbons (Fsp3) is 0.367. The van der Waals surface area contributed by atoms with E-state index in [4.69, 9.17) is 9.47 Å². The van der Waals surface area contributed by atoms with E-state index in [9.17, 15) is 28.1 Å². The van der Waals surface area contributed by atoms with Gasteiger partial charge in [0, 0.05) is 30.8 Å². The second-order valence-corrected chi connectivity index (χ2v) is 10.2. The number of nitro groups is 1. The Kier molecular flexibility index (Phi) is 8.44. The number of morpholine rings is 1. The molecule has 41 heavy (non-hydrogen) atoms. The number of carbonyl (C=O) groups excluding carboxylic acids is 1. The Morgan fingerprint density at radius 2 is 1.63 bits per heavy atom. The third-order valence-electron chi connectivity index (χ3n) is 7.52. The number of nitrogens with zero attached hydrogens (tertiary/aromatic N) is 2. The van der Waals surface area contributed by atoms with E-state index in [1.54, 1.807) is 17.0 Å². The molecule has 1 saturated carbocycles. The largest absolute Gasteiger partial charge is 0.457 e. The lowest BCUT2D eigenvalue weighted by Crippen LogP contribution is -2.36. The molecule has 2 aliphatic rings. The third-order valence-corrected chi connectivity index (χ3v) is 7.52. The standard InChI is InChI=1S/C30H30F3N3O5/c31-30(32,33)25-12-11-24(41-23-9-6-21(7-10-23)20-4-2-1-3-5-20)19-26(25)34-29(37)22-8-13-27(28(18-22)36(38)39)35-14-16-40-17-15-35/h6-13,18-20H,1-5,14-17H2,(H,34,37). The lowest BCUT2D eigenvalue weighted by atomic mass is 9.84. The van der Waals surface area contributed by atoms with Gasteiger partial charge in [0.05, 0.1) is 29.4 Å². The zero-order valence-corrected chi connectivity index (χ0v) is 22.3. The smallest absolute Gasteiger partial charge is 0.418 e. The van der Waals surface area contributed by atoms with Crippen molar-refractivity contribution in [1.29, 1.82) is 0 Å². The molecule has 11 heteroatoms. The van der Waals surface area contributed by atoms with Crippen LogP contribution < -0.4 is 15.0 Å². The van der Waals surface area contributed by atoms with Crippen LogP contribution in [0.4, 0.5) is 30.2 Å². The number of amides is 1. The van der Waals surface area contributed by atoms with Gasteiger partial charge in [-0.05, 0) is 60.7 Å². The molecule has 1 aliphatic carbocycles. The van der Waals surface area contributed by atoms with Crippen LogP contribution in [-0.4, -0.2) is 37.1 Å². The summed E-state index contributed by atoms with van der Waals surface area (Å²) in [5.74, 6) is 0.147. The van der Waals surface area contributed by atoms with E-state index in [2.05, 4.69) is 5.32 Å². The van der Waals surface area contributed by atoms with Gasteiger partial charge < -0.3 is 19.7 Å². The van der Waals surface area contributed by atoms with Gasteiger partial charge in [0.2, 0.25) is 0 Å². The summed E-state index contributed by atoms with van der Waals surface area (Å²) < 4.78 is 52.6. The van der Waals surface area contributed by atoms with Crippen LogP contribution in [0.1, 0.15) is 59.5 Å². The minimum absolute atomic E-state index is 0.104. The number of ether oxygens (including phenoxy) is 2. The van der Waals surface area contributed by atoms with Crippen LogP contribution in [0.2, 0.25) is 0 Å². The second-order valence-electron chi connectivity index (χ2n) is 10.2. The molecule has 216 valence electrons. The first-order chi connectivity index (χ1) is 19.7. The summed E-state index contributed by atoms with van der Waals surface area (Å²) in [6.45, 7) is 1.69. The van der Waals surface area contributed by atoms with Crippen molar-refractivity contribution in [2.24, 2.45) is 0 Å². The summed E-state index contributed by atoms with van der Waals surface area (Å²) in [5, 5.41) is 14.0. The van der Waals surface area contributed by atoms with Crippen LogP contribution in [0.25, 0.3) is 0 Å². The van der Waals surface area contributed by atoms with E-state index < -0.39 is 28.3 Å². The lowest BCUT2D eigenvalue weighted by molar-refractivity contribution is -0.384. The molecule has 3 aromatic carbocycles. The molecule has 1 aliphatic heterocycles. The van der Waals surface area contributed by atoms with Crippen molar-refractivity contribution in [2.45, 2.75) is 44.2 Å². The number of carbonyl (C=O) groups is 1. The molecule has 0 aromatic heterocycles. The number of hydrogen-bond acceptors (Lipinski definition) is 6. The summed E-state index contributed by atoms with van der Waals surface area (Å²) in [4.78, 5) is 26.0. The van der Waals surface area contributed by atoms with Crippen molar-refractivity contribution in [3.63, 3.8) is 0 Å². The second kappa shape index (κ2) is 12.2. The Labute approximate surface area is 235 Å². The van der Waals surface area contributed by atoms with Crippen LogP contribution in [0.15, 0.2) is 60.7 Å². The van der Waals surface area contributed by atoms with Crippen LogP contribution >= 0.6 is 0 Å². The molecule has 2 fully saturated rings. The quantitative estimate of drug-likeness (QED) is 0.233. The Balaban J connectivity index is 1.36. The fourth-order valence-corrected chi connectivity index (χ4v) is 5.39. The van der Waals surface area contributed by atoms with Crippen molar-refractivity contribution in [3.05, 3.63) is 87.5 Å². The molecule has 5 rings (SSSR count). The Hall–Kier alpha value is -4.12. The first kappa shape index (κ1) is 28.4. The molecular formula is C30H30F3N3O5. The summed E-state index contributed by atoms with van der Waals surface area (Å²) >= 11 is 0. The molecule has 3 aromatic rings. The van der Waals surface area contributed by atoms with E-state index in [1.807, 2.05) is 12.1 Å². The average molecular weight is 570 g/mol. The maximum Gasteiger partial charge on any atom is 0.418 e. The molecular weight excluding hydrogens is 539 g/mol. The van der Waals surface area contributed by atoms with Gasteiger partial charge in [-0.2, -0.15) is 13.2 Å². The summed E-state index contributed by atoms with van der Waals surface area (Å²) in [6, 6.07) is 14.5. The van der Waals surface area contributed by atoms with E-state index in [0.717, 1.165) is 31.0 Å². The normalized spacial score (nSPS) is 16.3. The van der Waals surface area contributed by atoms with Gasteiger partial charge in [0.15, 0.2) is 0 Å². The van der Waals surface area contributed by atoms with Crippen LogP contribution in [-0.2, 0) is 10.9 Å². The summed E-state index contributed by atoms with van der Waals surface area (Å²) in [5.41, 5.74) is -0.512. The average Bonchev–Trinajstić information content (AvgIpc) is 2.97. The predicted molar refractivity (Wildman–Crippen MR) is 148 cm³/mol. The first-order valence-corrected chi connectivity index (χ1v) is 13.6. The van der Waals surface area contributed by atoms with Crippen LogP contribution in [0, 0.1) is 10.1 Å². The molecule has 0 bridgehead atoms. The SMILES string of the molecule is O=C(Nc1cc(Oc2ccc(C3CCCCC3)cc2)ccc1C(F)(F)F)c1ccc(N2CCOCC2)c([N+](=O)[O-])c1. The highest BCUT2D eigenvalue weighted by Crippen LogP contribution is 2.39. The van der Waals surface area contributed by atoms with Gasteiger partial charge in [0.1, 0.15) is 17.2 Å². The van der Waals surface area contributed by atoms with Gasteiger partial charge in [-0.15, -0.1) is 0 Å². The minimum Gasteiger partial charge on any atom is -0.457 e. The molecule has 1 saturated heterocycles. The molecule has 0 unspecified atom stereocenters. The molecule has 8 nitrogen and oxygen atoms in total. The van der Waals surface area contributed by atoms with Crippen LogP contribution in [0.5, 0.6) is 11.5 Å².